The van der Waals surface area contributed by atoms with Gasteiger partial charge in [0.25, 0.3) is 0 Å². The quantitative estimate of drug-likeness (QED) is 0.482. The maximum Gasteiger partial charge on any atom is 0.0493 e. The molecular formula is C21H29N. The van der Waals surface area contributed by atoms with Crippen molar-refractivity contribution < 1.29 is 0 Å². The van der Waals surface area contributed by atoms with Crippen molar-refractivity contribution in [1.82, 2.24) is 4.57 Å². The van der Waals surface area contributed by atoms with Crippen molar-refractivity contribution in [2.75, 3.05) is 0 Å². The van der Waals surface area contributed by atoms with E-state index in [1.807, 2.05) is 27.7 Å². The van der Waals surface area contributed by atoms with Gasteiger partial charge < -0.3 is 4.57 Å². The van der Waals surface area contributed by atoms with E-state index in [4.69, 9.17) is 0 Å². The van der Waals surface area contributed by atoms with Crippen LogP contribution in [0.15, 0.2) is 60.7 Å². The minimum absolute atomic E-state index is 0.458. The molecule has 0 amide bonds. The number of hydrogen-bond donors (Lipinski definition) is 0. The molecule has 0 aliphatic heterocycles. The Bertz CT molecular complexity index is 663. The van der Waals surface area contributed by atoms with E-state index in [2.05, 4.69) is 79.1 Å². The minimum atomic E-state index is 0.458. The van der Waals surface area contributed by atoms with Crippen LogP contribution >= 0.6 is 0 Å². The highest BCUT2D eigenvalue weighted by Crippen LogP contribution is 2.30. The van der Waals surface area contributed by atoms with Crippen LogP contribution in [0.4, 0.5) is 0 Å². The molecule has 0 aliphatic carbocycles. The van der Waals surface area contributed by atoms with Crippen LogP contribution in [0.5, 0.6) is 0 Å². The summed E-state index contributed by atoms with van der Waals surface area (Å²) < 4.78 is 2.41. The SMILES string of the molecule is CC.CC.CC(C)n1c(-c2ccccc2)cc2ccccc21. The standard InChI is InChI=1S/C17H17N.2C2H6/c1-13(2)18-16-11-7-6-10-15(16)12-17(18)14-8-4-3-5-9-14;2*1-2/h3-13H,1-2H3;2*1-2H3. The molecule has 0 N–H and O–H groups in total. The lowest BCUT2D eigenvalue weighted by atomic mass is 10.1. The summed E-state index contributed by atoms with van der Waals surface area (Å²) in [4.78, 5) is 0. The molecule has 0 saturated heterocycles. The first-order valence-electron chi connectivity index (χ1n) is 8.43. The van der Waals surface area contributed by atoms with Crippen LogP contribution in [0.25, 0.3) is 22.2 Å². The predicted molar refractivity (Wildman–Crippen MR) is 100 cm³/mol. The van der Waals surface area contributed by atoms with Gasteiger partial charge in [0.2, 0.25) is 0 Å². The second-order valence-electron chi connectivity index (χ2n) is 4.92. The van der Waals surface area contributed by atoms with E-state index in [1.165, 1.54) is 22.2 Å². The van der Waals surface area contributed by atoms with Crippen molar-refractivity contribution in [3.05, 3.63) is 60.7 Å². The Labute approximate surface area is 135 Å². The Morgan fingerprint density at radius 1 is 0.727 bits per heavy atom. The Kier molecular flexibility index (Phi) is 7.45. The van der Waals surface area contributed by atoms with Gasteiger partial charge >= 0.3 is 0 Å². The van der Waals surface area contributed by atoms with E-state index < -0.39 is 0 Å². The molecule has 0 fully saturated rings. The van der Waals surface area contributed by atoms with E-state index in [9.17, 15) is 0 Å². The molecule has 1 aromatic heterocycles. The van der Waals surface area contributed by atoms with Gasteiger partial charge in [0.1, 0.15) is 0 Å². The molecule has 0 radical (unpaired) electrons. The Hall–Kier alpha value is -2.02. The number of fused-ring (bicyclic) bond motifs is 1. The first-order valence-corrected chi connectivity index (χ1v) is 8.43. The second kappa shape index (κ2) is 9.09. The first kappa shape index (κ1) is 18.0. The molecule has 0 saturated carbocycles. The lowest BCUT2D eigenvalue weighted by Gasteiger charge is -2.14. The number of hydrogen-bond acceptors (Lipinski definition) is 0. The van der Waals surface area contributed by atoms with Crippen LogP contribution in [0.1, 0.15) is 47.6 Å². The van der Waals surface area contributed by atoms with Gasteiger partial charge in [0, 0.05) is 22.6 Å². The number of benzene rings is 2. The molecule has 2 aromatic carbocycles. The van der Waals surface area contributed by atoms with Gasteiger partial charge in [-0.25, -0.2) is 0 Å². The van der Waals surface area contributed by atoms with Gasteiger partial charge in [-0.05, 0) is 31.5 Å². The summed E-state index contributed by atoms with van der Waals surface area (Å²) in [7, 11) is 0. The largest absolute Gasteiger partial charge is 0.338 e. The highest BCUT2D eigenvalue weighted by molar-refractivity contribution is 5.87. The van der Waals surface area contributed by atoms with Gasteiger partial charge in [-0.15, -0.1) is 0 Å². The molecule has 3 aromatic rings. The molecule has 3 rings (SSSR count). The van der Waals surface area contributed by atoms with E-state index >= 15 is 0 Å². The molecule has 118 valence electrons. The molecule has 1 heterocycles. The van der Waals surface area contributed by atoms with Gasteiger partial charge in [-0.1, -0.05) is 76.2 Å². The molecule has 0 bridgehead atoms. The zero-order valence-electron chi connectivity index (χ0n) is 14.8. The van der Waals surface area contributed by atoms with Crippen molar-refractivity contribution in [3.63, 3.8) is 0 Å². The monoisotopic (exact) mass is 295 g/mol. The smallest absolute Gasteiger partial charge is 0.0493 e. The molecule has 22 heavy (non-hydrogen) atoms. The number of aromatic nitrogens is 1. The summed E-state index contributed by atoms with van der Waals surface area (Å²) in [6.45, 7) is 12.5. The minimum Gasteiger partial charge on any atom is -0.338 e. The lowest BCUT2D eigenvalue weighted by Crippen LogP contribution is -2.02. The van der Waals surface area contributed by atoms with E-state index in [0.29, 0.717) is 6.04 Å². The summed E-state index contributed by atoms with van der Waals surface area (Å²) in [5, 5.41) is 1.31. The van der Waals surface area contributed by atoms with Crippen molar-refractivity contribution in [1.29, 1.82) is 0 Å². The van der Waals surface area contributed by atoms with Crippen LogP contribution in [0.3, 0.4) is 0 Å². The zero-order chi connectivity index (χ0) is 16.5. The third-order valence-corrected chi connectivity index (χ3v) is 3.33. The second-order valence-corrected chi connectivity index (χ2v) is 4.92. The fraction of sp³-hybridized carbons (Fsp3) is 0.333. The summed E-state index contributed by atoms with van der Waals surface area (Å²) >= 11 is 0. The zero-order valence-corrected chi connectivity index (χ0v) is 14.8. The van der Waals surface area contributed by atoms with Crippen LogP contribution in [-0.2, 0) is 0 Å². The highest BCUT2D eigenvalue weighted by Gasteiger charge is 2.11. The molecule has 0 aliphatic rings. The predicted octanol–water partition coefficient (Wildman–Crippen LogP) is 6.94. The van der Waals surface area contributed by atoms with Crippen molar-refractivity contribution in [2.45, 2.75) is 47.6 Å². The topological polar surface area (TPSA) is 4.93 Å². The summed E-state index contributed by atoms with van der Waals surface area (Å²) in [6.07, 6.45) is 0. The van der Waals surface area contributed by atoms with Crippen LogP contribution in [0, 0.1) is 0 Å². The van der Waals surface area contributed by atoms with Crippen LogP contribution < -0.4 is 0 Å². The number of rotatable bonds is 2. The van der Waals surface area contributed by atoms with Gasteiger partial charge in [-0.2, -0.15) is 0 Å². The van der Waals surface area contributed by atoms with Crippen molar-refractivity contribution in [3.8, 4) is 11.3 Å². The average Bonchev–Trinajstić information content (AvgIpc) is 2.99. The fourth-order valence-electron chi connectivity index (χ4n) is 2.56. The maximum atomic E-state index is 2.41. The van der Waals surface area contributed by atoms with Gasteiger partial charge in [-0.3, -0.25) is 0 Å². The van der Waals surface area contributed by atoms with E-state index in [1.54, 1.807) is 0 Å². The number of nitrogens with zero attached hydrogens (tertiary/aromatic N) is 1. The van der Waals surface area contributed by atoms with Crippen LogP contribution in [0.2, 0.25) is 0 Å². The highest BCUT2D eigenvalue weighted by atomic mass is 15.0. The summed E-state index contributed by atoms with van der Waals surface area (Å²) in [5.41, 5.74) is 3.89. The molecule has 0 unspecified atom stereocenters. The van der Waals surface area contributed by atoms with Gasteiger partial charge in [0.15, 0.2) is 0 Å². The first-order chi connectivity index (χ1) is 10.8. The molecule has 0 spiro atoms. The Morgan fingerprint density at radius 2 is 1.27 bits per heavy atom. The normalized spacial score (nSPS) is 9.77. The van der Waals surface area contributed by atoms with Crippen molar-refractivity contribution >= 4 is 10.9 Å². The molecular weight excluding hydrogens is 266 g/mol. The third-order valence-electron chi connectivity index (χ3n) is 3.33. The molecule has 1 heteroatoms. The Balaban J connectivity index is 0.000000561. The maximum absolute atomic E-state index is 2.41. The third kappa shape index (κ3) is 3.79. The average molecular weight is 295 g/mol. The molecule has 0 atom stereocenters. The van der Waals surface area contributed by atoms with E-state index in [-0.39, 0.29) is 0 Å². The lowest BCUT2D eigenvalue weighted by molar-refractivity contribution is 0.629. The Morgan fingerprint density at radius 3 is 1.86 bits per heavy atom. The fourth-order valence-corrected chi connectivity index (χ4v) is 2.56. The summed E-state index contributed by atoms with van der Waals surface area (Å²) in [5.74, 6) is 0. The van der Waals surface area contributed by atoms with E-state index in [0.717, 1.165) is 0 Å². The molecule has 1 nitrogen and oxygen atoms in total. The number of para-hydroxylation sites is 1. The van der Waals surface area contributed by atoms with Gasteiger partial charge in [0.05, 0.1) is 0 Å². The van der Waals surface area contributed by atoms with Crippen LogP contribution in [-0.4, -0.2) is 4.57 Å². The summed E-state index contributed by atoms with van der Waals surface area (Å²) in [6, 6.07) is 21.9. The van der Waals surface area contributed by atoms with Crippen molar-refractivity contribution in [2.24, 2.45) is 0 Å².